The summed E-state index contributed by atoms with van der Waals surface area (Å²) in [6.07, 6.45) is 0.375. The van der Waals surface area contributed by atoms with Gasteiger partial charge in [-0.05, 0) is 18.2 Å². The molecule has 0 atom stereocenters. The zero-order valence-corrected chi connectivity index (χ0v) is 12.1. The van der Waals surface area contributed by atoms with Crippen molar-refractivity contribution < 1.29 is 18.6 Å². The molecule has 0 spiro atoms. The van der Waals surface area contributed by atoms with Crippen molar-refractivity contribution in [2.24, 2.45) is 5.73 Å². The molecule has 0 aliphatic rings. The number of hydrogen-bond donors (Lipinski definition) is 3. The fraction of sp³-hybridized carbons (Fsp3) is 0.200. The van der Waals surface area contributed by atoms with E-state index in [2.05, 4.69) is 15.3 Å². The summed E-state index contributed by atoms with van der Waals surface area (Å²) in [6.45, 7) is -0.206. The van der Waals surface area contributed by atoms with Gasteiger partial charge in [-0.1, -0.05) is 12.1 Å². The monoisotopic (exact) mass is 322 g/mol. The number of aliphatic hydroxyl groups excluding tert-OH is 1. The molecule has 6 nitrogen and oxygen atoms in total. The first-order valence-electron chi connectivity index (χ1n) is 6.73. The number of nitrogens with two attached hydrogens (primary N) is 1. The Labute approximate surface area is 131 Å². The highest BCUT2D eigenvalue weighted by atomic mass is 19.3. The van der Waals surface area contributed by atoms with Crippen molar-refractivity contribution in [3.63, 3.8) is 0 Å². The Morgan fingerprint density at radius 3 is 2.96 bits per heavy atom. The van der Waals surface area contributed by atoms with Crippen LogP contribution in [0.15, 0.2) is 48.4 Å². The molecule has 23 heavy (non-hydrogen) atoms. The van der Waals surface area contributed by atoms with E-state index < -0.39 is 6.43 Å². The van der Waals surface area contributed by atoms with Gasteiger partial charge in [0.15, 0.2) is 0 Å². The third kappa shape index (κ3) is 5.19. The summed E-state index contributed by atoms with van der Waals surface area (Å²) in [7, 11) is 0. The summed E-state index contributed by atoms with van der Waals surface area (Å²) >= 11 is 0. The van der Waals surface area contributed by atoms with E-state index in [-0.39, 0.29) is 24.8 Å². The van der Waals surface area contributed by atoms with Crippen molar-refractivity contribution in [1.29, 1.82) is 0 Å². The van der Waals surface area contributed by atoms with Gasteiger partial charge in [0.1, 0.15) is 6.61 Å². The maximum Gasteiger partial charge on any atom is 0.317 e. The fourth-order valence-electron chi connectivity index (χ4n) is 1.66. The molecule has 0 bridgehead atoms. The first-order valence-corrected chi connectivity index (χ1v) is 6.73. The summed E-state index contributed by atoms with van der Waals surface area (Å²) in [5.41, 5.74) is 6.93. The first-order chi connectivity index (χ1) is 11.1. The van der Waals surface area contributed by atoms with Crippen LogP contribution in [0.3, 0.4) is 0 Å². The lowest BCUT2D eigenvalue weighted by Crippen LogP contribution is -2.12. The third-order valence-electron chi connectivity index (χ3n) is 2.78. The lowest BCUT2D eigenvalue weighted by Gasteiger charge is -2.07. The van der Waals surface area contributed by atoms with E-state index in [4.69, 9.17) is 15.6 Å². The van der Waals surface area contributed by atoms with Gasteiger partial charge in [-0.3, -0.25) is 0 Å². The van der Waals surface area contributed by atoms with Gasteiger partial charge < -0.3 is 20.9 Å². The molecule has 0 saturated carbocycles. The van der Waals surface area contributed by atoms with Crippen LogP contribution in [0.2, 0.25) is 0 Å². The maximum absolute atomic E-state index is 12.6. The van der Waals surface area contributed by atoms with Crippen molar-refractivity contribution in [2.75, 3.05) is 11.9 Å². The molecular weight excluding hydrogens is 306 g/mol. The number of aromatic nitrogens is 2. The van der Waals surface area contributed by atoms with Crippen LogP contribution in [-0.2, 0) is 6.61 Å². The number of nitrogens with zero attached hydrogens (tertiary/aromatic N) is 2. The molecule has 122 valence electrons. The zero-order valence-electron chi connectivity index (χ0n) is 12.1. The number of alkyl halides is 2. The van der Waals surface area contributed by atoms with E-state index >= 15 is 0 Å². The van der Waals surface area contributed by atoms with Gasteiger partial charge >= 0.3 is 6.01 Å². The number of benzene rings is 1. The molecule has 0 aliphatic carbocycles. The minimum absolute atomic E-state index is 0.0103. The Morgan fingerprint density at radius 1 is 1.39 bits per heavy atom. The van der Waals surface area contributed by atoms with Gasteiger partial charge in [0.2, 0.25) is 0 Å². The van der Waals surface area contributed by atoms with Crippen LogP contribution >= 0.6 is 0 Å². The normalized spacial score (nSPS) is 11.6. The Bertz CT molecular complexity index is 680. The van der Waals surface area contributed by atoms with E-state index in [0.717, 1.165) is 0 Å². The Morgan fingerprint density at radius 2 is 2.22 bits per heavy atom. The summed E-state index contributed by atoms with van der Waals surface area (Å²) in [5, 5.41) is 11.8. The minimum Gasteiger partial charge on any atom is -0.457 e. The second kappa shape index (κ2) is 8.04. The van der Waals surface area contributed by atoms with Crippen LogP contribution in [0.25, 0.3) is 0 Å². The van der Waals surface area contributed by atoms with Crippen LogP contribution in [-0.4, -0.2) is 21.7 Å². The van der Waals surface area contributed by atoms with Crippen LogP contribution < -0.4 is 15.8 Å². The molecule has 1 aromatic heterocycles. The van der Waals surface area contributed by atoms with E-state index in [1.54, 1.807) is 12.1 Å². The molecular formula is C15H16F2N4O2. The molecule has 0 aliphatic heterocycles. The van der Waals surface area contributed by atoms with E-state index in [9.17, 15) is 8.78 Å². The predicted octanol–water partition coefficient (Wildman–Crippen LogP) is 2.20. The summed E-state index contributed by atoms with van der Waals surface area (Å²) in [5.74, 6) is 0. The molecule has 2 rings (SSSR count). The van der Waals surface area contributed by atoms with Crippen molar-refractivity contribution in [2.45, 2.75) is 13.0 Å². The summed E-state index contributed by atoms with van der Waals surface area (Å²) in [4.78, 5) is 7.82. The number of ether oxygens (including phenoxy) is 1. The van der Waals surface area contributed by atoms with Crippen molar-refractivity contribution in [1.82, 2.24) is 9.97 Å². The Kier molecular flexibility index (Phi) is 5.81. The van der Waals surface area contributed by atoms with Crippen LogP contribution in [0.5, 0.6) is 6.01 Å². The van der Waals surface area contributed by atoms with Crippen LogP contribution in [0.4, 0.5) is 14.5 Å². The average molecular weight is 322 g/mol. The Balaban J connectivity index is 1.91. The van der Waals surface area contributed by atoms with Gasteiger partial charge in [-0.25, -0.2) is 13.8 Å². The van der Waals surface area contributed by atoms with Gasteiger partial charge in [0, 0.05) is 23.6 Å². The fourth-order valence-corrected chi connectivity index (χ4v) is 1.66. The van der Waals surface area contributed by atoms with Gasteiger partial charge in [-0.15, -0.1) is 0 Å². The quantitative estimate of drug-likeness (QED) is 0.723. The lowest BCUT2D eigenvalue weighted by atomic mass is 10.2. The smallest absolute Gasteiger partial charge is 0.317 e. The van der Waals surface area contributed by atoms with Crippen LogP contribution in [0, 0.1) is 0 Å². The Hall–Kier alpha value is -2.74. The molecule has 0 saturated heterocycles. The summed E-state index contributed by atoms with van der Waals surface area (Å²) < 4.78 is 30.5. The molecule has 0 amide bonds. The largest absolute Gasteiger partial charge is 0.457 e. The molecule has 8 heteroatoms. The molecule has 0 unspecified atom stereocenters. The predicted molar refractivity (Wildman–Crippen MR) is 80.7 cm³/mol. The molecule has 0 radical (unpaired) electrons. The number of hydrogen-bond acceptors (Lipinski definition) is 6. The maximum atomic E-state index is 12.6. The molecule has 2 aromatic rings. The lowest BCUT2D eigenvalue weighted by molar-refractivity contribution is 0.151. The molecule has 0 fully saturated rings. The molecule has 4 N–H and O–H groups in total. The summed E-state index contributed by atoms with van der Waals surface area (Å²) in [6, 6.07) is 7.50. The third-order valence-corrected chi connectivity index (χ3v) is 2.78. The SMILES string of the molecule is N/C(=C\Nc1cccc(C(F)F)c1)COc1nccc(CO)n1. The minimum atomic E-state index is -2.53. The van der Waals surface area contributed by atoms with Gasteiger partial charge in [0.05, 0.1) is 18.0 Å². The van der Waals surface area contributed by atoms with Gasteiger partial charge in [0.25, 0.3) is 6.43 Å². The number of anilines is 1. The van der Waals surface area contributed by atoms with Crippen molar-refractivity contribution >= 4 is 5.69 Å². The topological polar surface area (TPSA) is 93.3 Å². The highest BCUT2D eigenvalue weighted by Gasteiger charge is 2.06. The second-order valence-corrected chi connectivity index (χ2v) is 4.57. The second-order valence-electron chi connectivity index (χ2n) is 4.57. The zero-order chi connectivity index (χ0) is 16.7. The molecule has 1 aromatic carbocycles. The number of halogens is 2. The number of rotatable bonds is 7. The van der Waals surface area contributed by atoms with E-state index in [0.29, 0.717) is 17.1 Å². The standard InChI is InChI=1S/C15H16F2N4O2/c16-14(17)10-2-1-3-12(6-10)20-7-11(18)9-23-15-19-5-4-13(8-22)21-15/h1-7,14,20,22H,8-9,18H2/b11-7-. The van der Waals surface area contributed by atoms with E-state index in [1.165, 1.54) is 30.6 Å². The van der Waals surface area contributed by atoms with Crippen molar-refractivity contribution in [3.05, 3.63) is 59.7 Å². The highest BCUT2D eigenvalue weighted by molar-refractivity contribution is 5.48. The highest BCUT2D eigenvalue weighted by Crippen LogP contribution is 2.21. The first kappa shape index (κ1) is 16.6. The van der Waals surface area contributed by atoms with Crippen molar-refractivity contribution in [3.8, 4) is 6.01 Å². The number of nitrogens with one attached hydrogen (secondary N) is 1. The molecule has 1 heterocycles. The number of aliphatic hydroxyl groups is 1. The van der Waals surface area contributed by atoms with Crippen LogP contribution in [0.1, 0.15) is 17.7 Å². The van der Waals surface area contributed by atoms with E-state index in [1.807, 2.05) is 0 Å². The van der Waals surface area contributed by atoms with Gasteiger partial charge in [-0.2, -0.15) is 4.98 Å². The average Bonchev–Trinajstić information content (AvgIpc) is 2.58.